The third-order valence-corrected chi connectivity index (χ3v) is 4.46. The molecule has 0 bridgehead atoms. The number of benzene rings is 1. The average molecular weight is 298 g/mol. The lowest BCUT2D eigenvalue weighted by Crippen LogP contribution is -2.27. The summed E-state index contributed by atoms with van der Waals surface area (Å²) in [4.78, 5) is 6.49. The molecule has 0 saturated carbocycles. The molecule has 3 nitrogen and oxygen atoms in total. The molecule has 1 aromatic carbocycles. The van der Waals surface area contributed by atoms with Crippen molar-refractivity contribution in [2.24, 2.45) is 0 Å². The largest absolute Gasteiger partial charge is 0.312 e. The summed E-state index contributed by atoms with van der Waals surface area (Å²) in [6, 6.07) is 10.3. The Morgan fingerprint density at radius 3 is 2.76 bits per heavy atom. The van der Waals surface area contributed by atoms with E-state index in [4.69, 9.17) is 11.6 Å². The van der Waals surface area contributed by atoms with Gasteiger partial charge in [0.2, 0.25) is 0 Å². The van der Waals surface area contributed by atoms with Gasteiger partial charge in [0.1, 0.15) is 0 Å². The Morgan fingerprint density at radius 1 is 1.14 bits per heavy atom. The third kappa shape index (κ3) is 2.04. The minimum Gasteiger partial charge on any atom is -0.312 e. The van der Waals surface area contributed by atoms with Gasteiger partial charge >= 0.3 is 0 Å². The maximum atomic E-state index is 6.22. The van der Waals surface area contributed by atoms with Crippen molar-refractivity contribution in [3.8, 4) is 5.69 Å². The van der Waals surface area contributed by atoms with Gasteiger partial charge in [-0.3, -0.25) is 4.98 Å². The molecule has 0 atom stereocenters. The van der Waals surface area contributed by atoms with Gasteiger partial charge in [-0.05, 0) is 49.4 Å². The van der Waals surface area contributed by atoms with Crippen LogP contribution in [0.15, 0.2) is 42.7 Å². The predicted octanol–water partition coefficient (Wildman–Crippen LogP) is 3.67. The van der Waals surface area contributed by atoms with E-state index in [0.717, 1.165) is 30.2 Å². The fourth-order valence-electron chi connectivity index (χ4n) is 3.25. The quantitative estimate of drug-likeness (QED) is 0.683. The molecule has 3 aromatic rings. The van der Waals surface area contributed by atoms with E-state index in [-0.39, 0.29) is 0 Å². The normalized spacial score (nSPS) is 15.3. The number of hydrogen-bond acceptors (Lipinski definition) is 2. The van der Waals surface area contributed by atoms with Crippen molar-refractivity contribution in [2.45, 2.75) is 13.0 Å². The summed E-state index contributed by atoms with van der Waals surface area (Å²) in [5.41, 5.74) is 5.19. The lowest BCUT2D eigenvalue weighted by atomic mass is 10.0. The standard InChI is InChI=1S/C17H16ClN3/c1-20-9-6-14-15-10-12(18)2-3-16(15)21(17(14)11-20)13-4-7-19-8-5-13/h2-5,7-8,10H,6,9,11H2,1H3. The van der Waals surface area contributed by atoms with E-state index >= 15 is 0 Å². The van der Waals surface area contributed by atoms with E-state index in [1.807, 2.05) is 18.5 Å². The first kappa shape index (κ1) is 12.9. The van der Waals surface area contributed by atoms with Crippen LogP contribution in [0.2, 0.25) is 5.02 Å². The van der Waals surface area contributed by atoms with Crippen LogP contribution in [-0.2, 0) is 13.0 Å². The summed E-state index contributed by atoms with van der Waals surface area (Å²) >= 11 is 6.22. The summed E-state index contributed by atoms with van der Waals surface area (Å²) in [5.74, 6) is 0. The summed E-state index contributed by atoms with van der Waals surface area (Å²) in [6.07, 6.45) is 4.76. The summed E-state index contributed by atoms with van der Waals surface area (Å²) in [5, 5.41) is 2.08. The van der Waals surface area contributed by atoms with Crippen molar-refractivity contribution in [2.75, 3.05) is 13.6 Å². The Balaban J connectivity index is 2.07. The van der Waals surface area contributed by atoms with Crippen molar-refractivity contribution in [1.82, 2.24) is 14.5 Å². The van der Waals surface area contributed by atoms with E-state index in [9.17, 15) is 0 Å². The Morgan fingerprint density at radius 2 is 1.95 bits per heavy atom. The van der Waals surface area contributed by atoms with Crippen LogP contribution < -0.4 is 0 Å². The van der Waals surface area contributed by atoms with Crippen LogP contribution in [0.4, 0.5) is 0 Å². The molecule has 106 valence electrons. The molecule has 4 rings (SSSR count). The molecule has 1 aliphatic rings. The van der Waals surface area contributed by atoms with Crippen LogP contribution in [0, 0.1) is 0 Å². The first-order chi connectivity index (χ1) is 10.2. The van der Waals surface area contributed by atoms with Crippen molar-refractivity contribution < 1.29 is 0 Å². The molecule has 0 amide bonds. The fourth-order valence-corrected chi connectivity index (χ4v) is 3.42. The number of nitrogens with zero attached hydrogens (tertiary/aromatic N) is 3. The minimum atomic E-state index is 0.802. The van der Waals surface area contributed by atoms with E-state index < -0.39 is 0 Å². The summed E-state index contributed by atoms with van der Waals surface area (Å²) in [7, 11) is 2.17. The molecular formula is C17H16ClN3. The monoisotopic (exact) mass is 297 g/mol. The fraction of sp³-hybridized carbons (Fsp3) is 0.235. The van der Waals surface area contributed by atoms with E-state index in [1.54, 1.807) is 0 Å². The zero-order valence-corrected chi connectivity index (χ0v) is 12.6. The second-order valence-electron chi connectivity index (χ2n) is 5.62. The van der Waals surface area contributed by atoms with Gasteiger partial charge in [-0.15, -0.1) is 0 Å². The number of halogens is 1. The number of likely N-dealkylation sites (N-methyl/N-ethyl adjacent to an activating group) is 1. The van der Waals surface area contributed by atoms with Crippen LogP contribution in [0.5, 0.6) is 0 Å². The number of rotatable bonds is 1. The van der Waals surface area contributed by atoms with E-state index in [1.165, 1.54) is 22.2 Å². The van der Waals surface area contributed by atoms with Crippen LogP contribution in [0.3, 0.4) is 0 Å². The van der Waals surface area contributed by atoms with Gasteiger partial charge in [-0.2, -0.15) is 0 Å². The van der Waals surface area contributed by atoms with Gasteiger partial charge in [-0.1, -0.05) is 11.6 Å². The highest BCUT2D eigenvalue weighted by atomic mass is 35.5. The lowest BCUT2D eigenvalue weighted by molar-refractivity contribution is 0.307. The number of aromatic nitrogens is 2. The van der Waals surface area contributed by atoms with Crippen molar-refractivity contribution in [1.29, 1.82) is 0 Å². The zero-order chi connectivity index (χ0) is 14.4. The smallest absolute Gasteiger partial charge is 0.0535 e. The van der Waals surface area contributed by atoms with Gasteiger partial charge in [0.15, 0.2) is 0 Å². The molecule has 0 aliphatic carbocycles. The minimum absolute atomic E-state index is 0.802. The molecule has 0 fully saturated rings. The second kappa shape index (κ2) is 4.86. The van der Waals surface area contributed by atoms with Crippen LogP contribution in [0.1, 0.15) is 11.3 Å². The molecule has 21 heavy (non-hydrogen) atoms. The van der Waals surface area contributed by atoms with Gasteiger partial charge in [0, 0.05) is 47.3 Å². The highest BCUT2D eigenvalue weighted by Crippen LogP contribution is 2.34. The first-order valence-electron chi connectivity index (χ1n) is 7.15. The van der Waals surface area contributed by atoms with Crippen LogP contribution in [0.25, 0.3) is 16.6 Å². The molecule has 2 aromatic heterocycles. The molecule has 0 N–H and O–H groups in total. The SMILES string of the molecule is CN1CCc2c(n(-c3ccncc3)c3ccc(Cl)cc23)C1. The number of pyridine rings is 1. The topological polar surface area (TPSA) is 21.1 Å². The predicted molar refractivity (Wildman–Crippen MR) is 86.1 cm³/mol. The van der Waals surface area contributed by atoms with E-state index in [0.29, 0.717) is 0 Å². The Kier molecular flexibility index (Phi) is 2.98. The summed E-state index contributed by atoms with van der Waals surface area (Å²) in [6.45, 7) is 2.05. The Bertz CT molecular complexity index is 808. The van der Waals surface area contributed by atoms with Crippen LogP contribution in [-0.4, -0.2) is 28.0 Å². The van der Waals surface area contributed by atoms with Crippen LogP contribution >= 0.6 is 11.6 Å². The first-order valence-corrected chi connectivity index (χ1v) is 7.52. The molecule has 4 heteroatoms. The number of fused-ring (bicyclic) bond motifs is 3. The van der Waals surface area contributed by atoms with Gasteiger partial charge in [-0.25, -0.2) is 0 Å². The highest BCUT2D eigenvalue weighted by Gasteiger charge is 2.23. The molecule has 1 aliphatic heterocycles. The molecule has 0 unspecified atom stereocenters. The molecule has 0 radical (unpaired) electrons. The lowest BCUT2D eigenvalue weighted by Gasteiger charge is -2.24. The van der Waals surface area contributed by atoms with Gasteiger partial charge < -0.3 is 9.47 Å². The molecule has 0 saturated heterocycles. The Hall–Kier alpha value is -1.84. The molecular weight excluding hydrogens is 282 g/mol. The van der Waals surface area contributed by atoms with Gasteiger partial charge in [0.05, 0.1) is 5.52 Å². The van der Waals surface area contributed by atoms with Crippen molar-refractivity contribution in [3.63, 3.8) is 0 Å². The maximum absolute atomic E-state index is 6.22. The highest BCUT2D eigenvalue weighted by molar-refractivity contribution is 6.31. The second-order valence-corrected chi connectivity index (χ2v) is 6.05. The molecule has 0 spiro atoms. The maximum Gasteiger partial charge on any atom is 0.0535 e. The van der Waals surface area contributed by atoms with Gasteiger partial charge in [0.25, 0.3) is 0 Å². The average Bonchev–Trinajstić information content (AvgIpc) is 2.81. The van der Waals surface area contributed by atoms with Crippen molar-refractivity contribution >= 4 is 22.5 Å². The molecule has 3 heterocycles. The number of hydrogen-bond donors (Lipinski definition) is 0. The Labute approximate surface area is 128 Å². The third-order valence-electron chi connectivity index (χ3n) is 4.23. The van der Waals surface area contributed by atoms with E-state index in [2.05, 4.69) is 45.8 Å². The zero-order valence-electron chi connectivity index (χ0n) is 11.9. The van der Waals surface area contributed by atoms with Crippen molar-refractivity contribution in [3.05, 3.63) is 59.0 Å². The summed E-state index contributed by atoms with van der Waals surface area (Å²) < 4.78 is 2.35.